The normalized spacial score (nSPS) is 14.4. The molecule has 0 radical (unpaired) electrons. The maximum atomic E-state index is 13.1. The summed E-state index contributed by atoms with van der Waals surface area (Å²) in [6.45, 7) is 6.98. The van der Waals surface area contributed by atoms with Crippen molar-refractivity contribution in [3.05, 3.63) is 65.6 Å². The van der Waals surface area contributed by atoms with Gasteiger partial charge >= 0.3 is 0 Å². The van der Waals surface area contributed by atoms with Crippen LogP contribution >= 0.6 is 11.3 Å². The van der Waals surface area contributed by atoms with E-state index in [9.17, 15) is 4.79 Å². The molecule has 158 valence electrons. The highest BCUT2D eigenvalue weighted by atomic mass is 32.1. The first-order valence-corrected chi connectivity index (χ1v) is 11.4. The Balaban J connectivity index is 1.29. The van der Waals surface area contributed by atoms with Gasteiger partial charge in [-0.25, -0.2) is 14.6 Å². The standard InChI is InChI=1S/C23H24N6OS/c1-3-17-7-8-19-20(14-17)31-23(26-19)28-12-10-27(11-13-28)22(30)18-15-25-29(16(18)2)21-6-4-5-9-24-21/h4-9,14-15H,3,10-13H2,1-2H3. The lowest BCUT2D eigenvalue weighted by molar-refractivity contribution is 0.0746. The van der Waals surface area contributed by atoms with Gasteiger partial charge < -0.3 is 9.80 Å². The SMILES string of the molecule is CCc1ccc2nc(N3CCN(C(=O)c4cnn(-c5ccccn5)c4C)CC3)sc2c1. The molecule has 4 aromatic rings. The van der Waals surface area contributed by atoms with E-state index < -0.39 is 0 Å². The number of aromatic nitrogens is 4. The Morgan fingerprint density at radius 1 is 1.13 bits per heavy atom. The molecule has 0 bridgehead atoms. The Hall–Kier alpha value is -3.26. The van der Waals surface area contributed by atoms with Gasteiger partial charge in [0.15, 0.2) is 10.9 Å². The molecule has 1 aliphatic heterocycles. The Kier molecular flexibility index (Phi) is 5.15. The Morgan fingerprint density at radius 2 is 1.97 bits per heavy atom. The molecule has 0 saturated carbocycles. The number of aryl methyl sites for hydroxylation is 1. The molecule has 0 unspecified atom stereocenters. The van der Waals surface area contributed by atoms with Crippen molar-refractivity contribution in [1.82, 2.24) is 24.6 Å². The Labute approximate surface area is 185 Å². The van der Waals surface area contributed by atoms with E-state index in [-0.39, 0.29) is 5.91 Å². The lowest BCUT2D eigenvalue weighted by Crippen LogP contribution is -2.48. The maximum Gasteiger partial charge on any atom is 0.257 e. The summed E-state index contributed by atoms with van der Waals surface area (Å²) in [6.07, 6.45) is 4.40. The number of thiazole rings is 1. The summed E-state index contributed by atoms with van der Waals surface area (Å²) in [5.41, 5.74) is 3.82. The first-order chi connectivity index (χ1) is 15.1. The second-order valence-corrected chi connectivity index (χ2v) is 8.68. The van der Waals surface area contributed by atoms with E-state index in [1.54, 1.807) is 28.4 Å². The van der Waals surface area contributed by atoms with Gasteiger partial charge in [0.05, 0.1) is 27.7 Å². The van der Waals surface area contributed by atoms with Gasteiger partial charge in [-0.05, 0) is 43.2 Å². The smallest absolute Gasteiger partial charge is 0.257 e. The average molecular weight is 433 g/mol. The van der Waals surface area contributed by atoms with Gasteiger partial charge in [0.2, 0.25) is 0 Å². The highest BCUT2D eigenvalue weighted by Gasteiger charge is 2.26. The summed E-state index contributed by atoms with van der Waals surface area (Å²) in [7, 11) is 0. The van der Waals surface area contributed by atoms with E-state index in [1.807, 2.05) is 30.0 Å². The van der Waals surface area contributed by atoms with Crippen LogP contribution in [0.4, 0.5) is 5.13 Å². The highest BCUT2D eigenvalue weighted by Crippen LogP contribution is 2.30. The third kappa shape index (κ3) is 3.67. The maximum absolute atomic E-state index is 13.1. The number of hydrogen-bond donors (Lipinski definition) is 0. The fraction of sp³-hybridized carbons (Fsp3) is 0.304. The third-order valence-electron chi connectivity index (χ3n) is 5.79. The minimum atomic E-state index is 0.0243. The largest absolute Gasteiger partial charge is 0.345 e. The van der Waals surface area contributed by atoms with Crippen LogP contribution in [0.1, 0.15) is 28.5 Å². The number of amides is 1. The van der Waals surface area contributed by atoms with Crippen molar-refractivity contribution in [3.8, 4) is 5.82 Å². The van der Waals surface area contributed by atoms with Gasteiger partial charge in [0.25, 0.3) is 5.91 Å². The predicted molar refractivity (Wildman–Crippen MR) is 123 cm³/mol. The summed E-state index contributed by atoms with van der Waals surface area (Å²) in [6, 6.07) is 12.1. The van der Waals surface area contributed by atoms with E-state index in [2.05, 4.69) is 40.1 Å². The number of piperazine rings is 1. The number of pyridine rings is 1. The van der Waals surface area contributed by atoms with Gasteiger partial charge in [-0.3, -0.25) is 4.79 Å². The van der Waals surface area contributed by atoms with E-state index >= 15 is 0 Å². The molecule has 1 amide bonds. The number of carbonyl (C=O) groups is 1. The molecule has 0 aliphatic carbocycles. The van der Waals surface area contributed by atoms with Crippen LogP contribution in [0, 0.1) is 6.92 Å². The molecule has 4 heterocycles. The van der Waals surface area contributed by atoms with Gasteiger partial charge in [-0.2, -0.15) is 5.10 Å². The van der Waals surface area contributed by atoms with Gasteiger partial charge in [-0.15, -0.1) is 0 Å². The molecule has 5 rings (SSSR count). The molecule has 1 aliphatic rings. The summed E-state index contributed by atoms with van der Waals surface area (Å²) in [5.74, 6) is 0.738. The second-order valence-electron chi connectivity index (χ2n) is 7.67. The highest BCUT2D eigenvalue weighted by molar-refractivity contribution is 7.22. The van der Waals surface area contributed by atoms with E-state index in [0.717, 1.165) is 35.9 Å². The monoisotopic (exact) mass is 432 g/mol. The lowest BCUT2D eigenvalue weighted by Gasteiger charge is -2.34. The summed E-state index contributed by atoms with van der Waals surface area (Å²) in [4.78, 5) is 26.5. The molecule has 1 saturated heterocycles. The van der Waals surface area contributed by atoms with Crippen molar-refractivity contribution < 1.29 is 4.79 Å². The zero-order valence-corrected chi connectivity index (χ0v) is 18.5. The molecule has 0 spiro atoms. The number of anilines is 1. The van der Waals surface area contributed by atoms with Crippen molar-refractivity contribution in [2.24, 2.45) is 0 Å². The summed E-state index contributed by atoms with van der Waals surface area (Å²) < 4.78 is 2.94. The Morgan fingerprint density at radius 3 is 2.71 bits per heavy atom. The minimum absolute atomic E-state index is 0.0243. The topological polar surface area (TPSA) is 67.2 Å². The summed E-state index contributed by atoms with van der Waals surface area (Å²) in [5, 5.41) is 5.43. The first kappa shape index (κ1) is 19.7. The molecule has 8 heteroatoms. The van der Waals surface area contributed by atoms with Crippen LogP contribution in [-0.4, -0.2) is 56.7 Å². The lowest BCUT2D eigenvalue weighted by atomic mass is 10.2. The molecular weight excluding hydrogens is 408 g/mol. The number of hydrogen-bond acceptors (Lipinski definition) is 6. The van der Waals surface area contributed by atoms with Crippen LogP contribution in [0.15, 0.2) is 48.8 Å². The van der Waals surface area contributed by atoms with Crippen molar-refractivity contribution in [3.63, 3.8) is 0 Å². The Bertz CT molecular complexity index is 1220. The van der Waals surface area contributed by atoms with Crippen LogP contribution in [0.25, 0.3) is 16.0 Å². The second kappa shape index (κ2) is 8.11. The van der Waals surface area contributed by atoms with E-state index in [4.69, 9.17) is 4.98 Å². The van der Waals surface area contributed by atoms with E-state index in [0.29, 0.717) is 24.5 Å². The quantitative estimate of drug-likeness (QED) is 0.492. The van der Waals surface area contributed by atoms with E-state index in [1.165, 1.54) is 10.3 Å². The van der Waals surface area contributed by atoms with Crippen LogP contribution in [0.2, 0.25) is 0 Å². The summed E-state index contributed by atoms with van der Waals surface area (Å²) >= 11 is 1.73. The van der Waals surface area contributed by atoms with Crippen molar-refractivity contribution in [2.45, 2.75) is 20.3 Å². The fourth-order valence-electron chi connectivity index (χ4n) is 3.91. The van der Waals surface area contributed by atoms with Crippen molar-refractivity contribution in [2.75, 3.05) is 31.1 Å². The number of carbonyl (C=O) groups excluding carboxylic acids is 1. The molecule has 1 fully saturated rings. The zero-order valence-electron chi connectivity index (χ0n) is 17.7. The minimum Gasteiger partial charge on any atom is -0.345 e. The van der Waals surface area contributed by atoms with Crippen LogP contribution < -0.4 is 4.90 Å². The van der Waals surface area contributed by atoms with Gasteiger partial charge in [0.1, 0.15) is 0 Å². The molecule has 0 atom stereocenters. The number of rotatable bonds is 4. The zero-order chi connectivity index (χ0) is 21.4. The predicted octanol–water partition coefficient (Wildman–Crippen LogP) is 3.71. The van der Waals surface area contributed by atoms with Crippen LogP contribution in [-0.2, 0) is 6.42 Å². The van der Waals surface area contributed by atoms with Crippen molar-refractivity contribution >= 4 is 32.6 Å². The third-order valence-corrected chi connectivity index (χ3v) is 6.87. The fourth-order valence-corrected chi connectivity index (χ4v) is 4.99. The molecular formula is C23H24N6OS. The molecule has 7 nitrogen and oxygen atoms in total. The van der Waals surface area contributed by atoms with Crippen molar-refractivity contribution in [1.29, 1.82) is 0 Å². The van der Waals surface area contributed by atoms with Gasteiger partial charge in [0, 0.05) is 32.4 Å². The van der Waals surface area contributed by atoms with Crippen LogP contribution in [0.5, 0.6) is 0 Å². The average Bonchev–Trinajstić information content (AvgIpc) is 3.42. The number of benzene rings is 1. The molecule has 31 heavy (non-hydrogen) atoms. The molecule has 0 N–H and O–H groups in total. The van der Waals surface area contributed by atoms with Gasteiger partial charge in [-0.1, -0.05) is 30.4 Å². The first-order valence-electron chi connectivity index (χ1n) is 10.5. The number of nitrogens with zero attached hydrogens (tertiary/aromatic N) is 6. The van der Waals surface area contributed by atoms with Crippen LogP contribution in [0.3, 0.4) is 0 Å². The molecule has 3 aromatic heterocycles. The molecule has 1 aromatic carbocycles. The number of fused-ring (bicyclic) bond motifs is 1.